The number of esters is 3. The SMILES string of the molecule is CCCCO[C@@H](COC(=O)c1ccccc1)C1O[C@@H](OC(=Nc2ccccc2)C(F)(F)F)C(OC(C)=O)[C@@H](OC(=O)c2ccccc2)[C@@H]1OB=BP. The van der Waals surface area contributed by atoms with E-state index in [9.17, 15) is 27.6 Å². The van der Waals surface area contributed by atoms with E-state index in [1.54, 1.807) is 54.6 Å². The van der Waals surface area contributed by atoms with Gasteiger partial charge in [0, 0.05) is 0 Å². The summed E-state index contributed by atoms with van der Waals surface area (Å²) in [5.74, 6) is -4.33. The van der Waals surface area contributed by atoms with Crippen LogP contribution in [0.5, 0.6) is 0 Å². The maximum atomic E-state index is 14.5. The van der Waals surface area contributed by atoms with Gasteiger partial charge in [-0.05, 0) is 0 Å². The number of hydrogen-bond donors (Lipinski definition) is 0. The van der Waals surface area contributed by atoms with Crippen molar-refractivity contribution >= 4 is 52.1 Å². The molecule has 0 aromatic heterocycles. The van der Waals surface area contributed by atoms with Crippen LogP contribution in [0.1, 0.15) is 47.4 Å². The molecule has 1 aliphatic rings. The van der Waals surface area contributed by atoms with Gasteiger partial charge in [-0.2, -0.15) is 0 Å². The fraction of sp³-hybridized carbons (Fsp3) is 0.371. The number of nitrogens with zero attached hydrogens (tertiary/aromatic N) is 1. The van der Waals surface area contributed by atoms with E-state index in [1.807, 2.05) is 6.92 Å². The molecule has 3 unspecified atom stereocenters. The van der Waals surface area contributed by atoms with E-state index in [4.69, 9.17) is 33.1 Å². The summed E-state index contributed by atoms with van der Waals surface area (Å²) in [6, 6.07) is 23.1. The van der Waals surface area contributed by atoms with E-state index in [-0.39, 0.29) is 23.4 Å². The second-order valence-electron chi connectivity index (χ2n) is 11.3. The summed E-state index contributed by atoms with van der Waals surface area (Å²) >= 11 is 0. The minimum atomic E-state index is -5.16. The third-order valence-corrected chi connectivity index (χ3v) is 7.60. The van der Waals surface area contributed by atoms with Gasteiger partial charge in [-0.1, -0.05) is 0 Å². The molecular formula is C35H37B2F3NO10P. The van der Waals surface area contributed by atoms with Crippen molar-refractivity contribution < 1.29 is 60.6 Å². The molecule has 11 nitrogen and oxygen atoms in total. The van der Waals surface area contributed by atoms with Crippen LogP contribution in [0.15, 0.2) is 96.0 Å². The van der Waals surface area contributed by atoms with E-state index in [0.29, 0.717) is 12.8 Å². The van der Waals surface area contributed by atoms with Gasteiger partial charge in [-0.25, -0.2) is 0 Å². The molecule has 7 atom stereocenters. The molecule has 17 heteroatoms. The minimum absolute atomic E-state index is 0.0825. The van der Waals surface area contributed by atoms with Crippen LogP contribution in [0.2, 0.25) is 0 Å². The molecule has 0 amide bonds. The van der Waals surface area contributed by atoms with Crippen LogP contribution in [0, 0.1) is 0 Å². The van der Waals surface area contributed by atoms with Crippen molar-refractivity contribution in [3.05, 3.63) is 102 Å². The molecule has 0 spiro atoms. The first kappa shape index (κ1) is 40.4. The van der Waals surface area contributed by atoms with Gasteiger partial charge in [0.15, 0.2) is 0 Å². The molecule has 1 aliphatic heterocycles. The molecule has 1 heterocycles. The van der Waals surface area contributed by atoms with Crippen LogP contribution in [0.3, 0.4) is 0 Å². The summed E-state index contributed by atoms with van der Waals surface area (Å²) in [5, 5.41) is 0. The number of hydrogen-bond acceptors (Lipinski definition) is 11. The second kappa shape index (κ2) is 20.0. The first-order chi connectivity index (χ1) is 25.0. The Morgan fingerprint density at radius 3 is 2.00 bits per heavy atom. The van der Waals surface area contributed by atoms with Crippen molar-refractivity contribution in [1.82, 2.24) is 0 Å². The van der Waals surface area contributed by atoms with E-state index in [2.05, 4.69) is 14.1 Å². The summed E-state index contributed by atoms with van der Waals surface area (Å²) in [6.07, 6.45) is -13.6. The Morgan fingerprint density at radius 2 is 1.44 bits per heavy atom. The fourth-order valence-electron chi connectivity index (χ4n) is 5.06. The van der Waals surface area contributed by atoms with E-state index < -0.39 is 73.4 Å². The number of unbranched alkanes of at least 4 members (excludes halogenated alkanes) is 1. The molecule has 0 saturated carbocycles. The number of aliphatic imine (C=N–C) groups is 1. The Morgan fingerprint density at radius 1 is 0.846 bits per heavy atom. The molecule has 1 fully saturated rings. The van der Waals surface area contributed by atoms with Crippen LogP contribution < -0.4 is 0 Å². The summed E-state index contributed by atoms with van der Waals surface area (Å²) in [5.41, 5.74) is 0.216. The van der Waals surface area contributed by atoms with Crippen LogP contribution in [0.4, 0.5) is 18.9 Å². The van der Waals surface area contributed by atoms with Gasteiger partial charge in [0.05, 0.1) is 0 Å². The van der Waals surface area contributed by atoms with Gasteiger partial charge in [0.1, 0.15) is 0 Å². The molecule has 3 aromatic carbocycles. The Kier molecular flexibility index (Phi) is 15.5. The standard InChI is InChI=1S/C35H37B2F3NO10P/c1-3-4-20-45-26(21-46-31(43)23-14-8-5-9-15-23)27-29(51-36-37-52)28(48-32(44)24-16-10-6-11-17-24)30(47-22(2)42)33(49-27)50-34(35(38,39)40)41-25-18-12-7-13-19-25/h5-19,26-30,33H,3-4,20-21,52H2,1-2H3/t26-,27?,28-,29+,30?,33-/m0/s1. The third kappa shape index (κ3) is 11.8. The molecule has 0 N–H and O–H groups in total. The van der Waals surface area contributed by atoms with Crippen LogP contribution >= 0.6 is 9.12 Å². The molecule has 274 valence electrons. The molecule has 1 saturated heterocycles. The zero-order valence-electron chi connectivity index (χ0n) is 28.3. The van der Waals surface area contributed by atoms with Gasteiger partial charge < -0.3 is 0 Å². The number of carbonyl (C=O) groups excluding carboxylic acids is 3. The summed E-state index contributed by atoms with van der Waals surface area (Å²) < 4.78 is 84.3. The van der Waals surface area contributed by atoms with Crippen molar-refractivity contribution in [2.24, 2.45) is 4.99 Å². The van der Waals surface area contributed by atoms with Crippen molar-refractivity contribution in [3.8, 4) is 0 Å². The average Bonchev–Trinajstić information content (AvgIpc) is 3.14. The Hall–Kier alpha value is -4.39. The molecule has 0 bridgehead atoms. The van der Waals surface area contributed by atoms with Crippen LogP contribution in [-0.4, -0.2) is 93.5 Å². The zero-order chi connectivity index (χ0) is 37.5. The van der Waals surface area contributed by atoms with Crippen molar-refractivity contribution in [2.75, 3.05) is 13.2 Å². The zero-order valence-corrected chi connectivity index (χ0v) is 29.5. The first-order valence-electron chi connectivity index (χ1n) is 16.3. The van der Waals surface area contributed by atoms with Gasteiger partial charge in [-0.15, -0.1) is 0 Å². The van der Waals surface area contributed by atoms with Gasteiger partial charge in [0.25, 0.3) is 0 Å². The number of benzene rings is 3. The van der Waals surface area contributed by atoms with E-state index in [0.717, 1.165) is 6.92 Å². The Bertz CT molecular complexity index is 1650. The van der Waals surface area contributed by atoms with Crippen molar-refractivity contribution in [3.63, 3.8) is 0 Å². The molecule has 3 aromatic rings. The topological polar surface area (TPSA) is 128 Å². The summed E-state index contributed by atoms with van der Waals surface area (Å²) in [6.45, 7) is 4.00. The predicted octanol–water partition coefficient (Wildman–Crippen LogP) is 5.63. The molecule has 52 heavy (non-hydrogen) atoms. The van der Waals surface area contributed by atoms with Gasteiger partial charge in [0.2, 0.25) is 0 Å². The first-order valence-corrected chi connectivity index (χ1v) is 17.0. The Labute approximate surface area is 302 Å². The number of rotatable bonds is 15. The van der Waals surface area contributed by atoms with Gasteiger partial charge >= 0.3 is 303 Å². The molecule has 0 aliphatic carbocycles. The average molecular weight is 741 g/mol. The van der Waals surface area contributed by atoms with Gasteiger partial charge in [-0.3, -0.25) is 0 Å². The molecular weight excluding hydrogens is 704 g/mol. The second-order valence-corrected chi connectivity index (χ2v) is 11.7. The van der Waals surface area contributed by atoms with Crippen LogP contribution in [-0.2, 0) is 37.9 Å². The van der Waals surface area contributed by atoms with Crippen molar-refractivity contribution in [2.45, 2.75) is 69.7 Å². The normalized spacial score (nSPS) is 20.9. The summed E-state index contributed by atoms with van der Waals surface area (Å²) in [7, 11) is 3.50. The maximum absolute atomic E-state index is 14.5. The van der Waals surface area contributed by atoms with E-state index >= 15 is 0 Å². The fourth-order valence-corrected chi connectivity index (χ4v) is 5.15. The monoisotopic (exact) mass is 741 g/mol. The predicted molar refractivity (Wildman–Crippen MR) is 188 cm³/mol. The van der Waals surface area contributed by atoms with Crippen molar-refractivity contribution in [1.29, 1.82) is 0 Å². The number of carbonyl (C=O) groups is 3. The molecule has 0 radical (unpaired) electrons. The molecule has 4 rings (SSSR count). The Balaban J connectivity index is 1.82. The summed E-state index contributed by atoms with van der Waals surface area (Å²) in [4.78, 5) is 42.7. The number of halogens is 3. The number of ether oxygens (including phenoxy) is 6. The number of para-hydroxylation sites is 1. The number of alkyl halides is 3. The van der Waals surface area contributed by atoms with E-state index in [1.165, 1.54) is 49.9 Å². The van der Waals surface area contributed by atoms with Crippen LogP contribution in [0.25, 0.3) is 0 Å². The quantitative estimate of drug-likeness (QED) is 0.0368. The third-order valence-electron chi connectivity index (χ3n) is 7.44.